The van der Waals surface area contributed by atoms with Gasteiger partial charge in [0.15, 0.2) is 0 Å². The Balaban J connectivity index is 1.72. The van der Waals surface area contributed by atoms with Crippen LogP contribution >= 0.6 is 0 Å². The number of anilines is 2. The number of carbonyl (C=O) groups is 2. The largest absolute Gasteiger partial charge is 0.385 e. The molecule has 1 aromatic rings. The summed E-state index contributed by atoms with van der Waals surface area (Å²) in [6.07, 6.45) is 0.468. The predicted molar refractivity (Wildman–Crippen MR) is 92.7 cm³/mol. The van der Waals surface area contributed by atoms with Crippen LogP contribution in [0.3, 0.4) is 0 Å². The zero-order chi connectivity index (χ0) is 16.8. The molecule has 126 valence electrons. The van der Waals surface area contributed by atoms with Crippen molar-refractivity contribution >= 4 is 23.2 Å². The molecule has 0 bridgehead atoms. The second-order valence-electron chi connectivity index (χ2n) is 6.00. The van der Waals surface area contributed by atoms with Crippen molar-refractivity contribution in [2.24, 2.45) is 0 Å². The van der Waals surface area contributed by atoms with E-state index < -0.39 is 0 Å². The molecule has 2 rings (SSSR count). The second-order valence-corrected chi connectivity index (χ2v) is 6.00. The number of nitrogens with one attached hydrogen (secondary N) is 1. The molecule has 1 aliphatic heterocycles. The second kappa shape index (κ2) is 7.85. The molecule has 6 nitrogen and oxygen atoms in total. The first kappa shape index (κ1) is 17.1. The van der Waals surface area contributed by atoms with Crippen LogP contribution in [0.4, 0.5) is 11.4 Å². The highest BCUT2D eigenvalue weighted by Gasteiger charge is 2.21. The highest BCUT2D eigenvalue weighted by atomic mass is 16.2. The Morgan fingerprint density at radius 3 is 2.13 bits per heavy atom. The Kier molecular flexibility index (Phi) is 5.84. The van der Waals surface area contributed by atoms with Gasteiger partial charge in [-0.2, -0.15) is 0 Å². The van der Waals surface area contributed by atoms with Gasteiger partial charge in [-0.25, -0.2) is 0 Å². The quantitative estimate of drug-likeness (QED) is 0.888. The molecule has 23 heavy (non-hydrogen) atoms. The van der Waals surface area contributed by atoms with Crippen LogP contribution in [0.15, 0.2) is 24.3 Å². The maximum absolute atomic E-state index is 12.2. The van der Waals surface area contributed by atoms with Crippen molar-refractivity contribution in [3.05, 3.63) is 24.3 Å². The van der Waals surface area contributed by atoms with Crippen molar-refractivity contribution in [1.82, 2.24) is 9.80 Å². The topological polar surface area (TPSA) is 55.9 Å². The zero-order valence-corrected chi connectivity index (χ0v) is 14.2. The summed E-state index contributed by atoms with van der Waals surface area (Å²) in [6, 6.07) is 8.13. The van der Waals surface area contributed by atoms with E-state index >= 15 is 0 Å². The first-order valence-electron chi connectivity index (χ1n) is 8.02. The zero-order valence-electron chi connectivity index (χ0n) is 14.2. The summed E-state index contributed by atoms with van der Waals surface area (Å²) in [7, 11) is 4.01. The van der Waals surface area contributed by atoms with Gasteiger partial charge in [0.1, 0.15) is 0 Å². The third kappa shape index (κ3) is 4.87. The predicted octanol–water partition coefficient (Wildman–Crippen LogP) is 1.25. The van der Waals surface area contributed by atoms with Crippen LogP contribution in [0.1, 0.15) is 13.3 Å². The first-order valence-corrected chi connectivity index (χ1v) is 8.02. The highest BCUT2D eigenvalue weighted by molar-refractivity contribution is 5.78. The number of benzene rings is 1. The normalized spacial score (nSPS) is 14.6. The van der Waals surface area contributed by atoms with E-state index in [2.05, 4.69) is 5.32 Å². The van der Waals surface area contributed by atoms with E-state index in [0.29, 0.717) is 39.1 Å². The van der Waals surface area contributed by atoms with Crippen molar-refractivity contribution in [2.45, 2.75) is 13.3 Å². The molecule has 0 aromatic heterocycles. The molecule has 1 heterocycles. The first-order chi connectivity index (χ1) is 11.0. The van der Waals surface area contributed by atoms with Gasteiger partial charge in [0.05, 0.1) is 0 Å². The molecule has 1 N–H and O–H groups in total. The highest BCUT2D eigenvalue weighted by Crippen LogP contribution is 2.15. The van der Waals surface area contributed by atoms with E-state index in [-0.39, 0.29) is 11.8 Å². The summed E-state index contributed by atoms with van der Waals surface area (Å²) in [6.45, 7) is 4.74. The van der Waals surface area contributed by atoms with Crippen LogP contribution in [0.5, 0.6) is 0 Å². The van der Waals surface area contributed by atoms with Crippen molar-refractivity contribution in [2.75, 3.05) is 57.0 Å². The van der Waals surface area contributed by atoms with Gasteiger partial charge >= 0.3 is 0 Å². The molecule has 1 aromatic carbocycles. The van der Waals surface area contributed by atoms with Gasteiger partial charge in [0.25, 0.3) is 0 Å². The third-order valence-corrected chi connectivity index (χ3v) is 4.13. The maximum Gasteiger partial charge on any atom is 0.224 e. The average Bonchev–Trinajstić information content (AvgIpc) is 2.55. The van der Waals surface area contributed by atoms with Gasteiger partial charge in [-0.15, -0.1) is 0 Å². The van der Waals surface area contributed by atoms with Crippen molar-refractivity contribution in [3.8, 4) is 0 Å². The number of carbonyl (C=O) groups excluding carboxylic acids is 2. The number of piperazine rings is 1. The molecule has 1 saturated heterocycles. The number of hydrogen-bond donors (Lipinski definition) is 1. The lowest BCUT2D eigenvalue weighted by Crippen LogP contribution is -2.50. The van der Waals surface area contributed by atoms with Crippen LogP contribution in [0.25, 0.3) is 0 Å². The molecular formula is C17H26N4O2. The van der Waals surface area contributed by atoms with Gasteiger partial charge < -0.3 is 20.0 Å². The van der Waals surface area contributed by atoms with E-state index in [1.165, 1.54) is 0 Å². The van der Waals surface area contributed by atoms with E-state index in [0.717, 1.165) is 11.4 Å². The minimum atomic E-state index is 0.0833. The Bertz CT molecular complexity index is 534. The van der Waals surface area contributed by atoms with Gasteiger partial charge in [-0.05, 0) is 24.3 Å². The molecule has 0 saturated carbocycles. The molecular weight excluding hydrogens is 292 g/mol. The maximum atomic E-state index is 12.2. The lowest BCUT2D eigenvalue weighted by atomic mass is 10.2. The van der Waals surface area contributed by atoms with Crippen molar-refractivity contribution < 1.29 is 9.59 Å². The molecule has 0 unspecified atom stereocenters. The Morgan fingerprint density at radius 2 is 1.61 bits per heavy atom. The smallest absolute Gasteiger partial charge is 0.224 e. The number of nitrogens with zero attached hydrogens (tertiary/aromatic N) is 3. The number of amides is 2. The van der Waals surface area contributed by atoms with E-state index in [1.54, 1.807) is 11.8 Å². The van der Waals surface area contributed by atoms with Gasteiger partial charge in [-0.3, -0.25) is 9.59 Å². The Labute approximate surface area is 138 Å². The van der Waals surface area contributed by atoms with Crippen LogP contribution in [-0.4, -0.2) is 68.4 Å². The van der Waals surface area contributed by atoms with Crippen molar-refractivity contribution in [3.63, 3.8) is 0 Å². The molecule has 0 aliphatic carbocycles. The van der Waals surface area contributed by atoms with E-state index in [1.807, 2.05) is 48.2 Å². The minimum Gasteiger partial charge on any atom is -0.385 e. The fraction of sp³-hybridized carbons (Fsp3) is 0.529. The summed E-state index contributed by atoms with van der Waals surface area (Å²) in [5, 5.41) is 3.28. The van der Waals surface area contributed by atoms with E-state index in [4.69, 9.17) is 0 Å². The number of rotatable bonds is 5. The molecule has 2 amide bonds. The molecule has 0 atom stereocenters. The van der Waals surface area contributed by atoms with Gasteiger partial charge in [0, 0.05) is 71.5 Å². The molecule has 6 heteroatoms. The Hall–Kier alpha value is -2.24. The summed E-state index contributed by atoms with van der Waals surface area (Å²) < 4.78 is 0. The minimum absolute atomic E-state index is 0.0833. The standard InChI is InChI=1S/C17H26N4O2/c1-14(22)20-10-12-21(13-11-20)17(23)8-9-18-15-4-6-16(7-5-15)19(2)3/h4-7,18H,8-13H2,1-3H3. The van der Waals surface area contributed by atoms with Crippen LogP contribution in [0.2, 0.25) is 0 Å². The third-order valence-electron chi connectivity index (χ3n) is 4.13. The van der Waals surface area contributed by atoms with Gasteiger partial charge in [-0.1, -0.05) is 0 Å². The number of hydrogen-bond acceptors (Lipinski definition) is 4. The molecule has 0 spiro atoms. The van der Waals surface area contributed by atoms with Crippen molar-refractivity contribution in [1.29, 1.82) is 0 Å². The lowest BCUT2D eigenvalue weighted by Gasteiger charge is -2.34. The Morgan fingerprint density at radius 1 is 1.04 bits per heavy atom. The lowest BCUT2D eigenvalue weighted by molar-refractivity contribution is -0.138. The van der Waals surface area contributed by atoms with Crippen LogP contribution in [0, 0.1) is 0 Å². The summed E-state index contributed by atoms with van der Waals surface area (Å²) in [4.78, 5) is 29.1. The molecule has 1 fully saturated rings. The van der Waals surface area contributed by atoms with Crippen LogP contribution < -0.4 is 10.2 Å². The van der Waals surface area contributed by atoms with Crippen LogP contribution in [-0.2, 0) is 9.59 Å². The average molecular weight is 318 g/mol. The fourth-order valence-electron chi connectivity index (χ4n) is 2.62. The summed E-state index contributed by atoms with van der Waals surface area (Å²) in [5.74, 6) is 0.227. The van der Waals surface area contributed by atoms with E-state index in [9.17, 15) is 9.59 Å². The molecule has 1 aliphatic rings. The SMILES string of the molecule is CC(=O)N1CCN(C(=O)CCNc2ccc(N(C)C)cc2)CC1. The monoisotopic (exact) mass is 318 g/mol. The molecule has 0 radical (unpaired) electrons. The fourth-order valence-corrected chi connectivity index (χ4v) is 2.62. The summed E-state index contributed by atoms with van der Waals surface area (Å²) in [5.41, 5.74) is 2.17. The van der Waals surface area contributed by atoms with Gasteiger partial charge in [0.2, 0.25) is 11.8 Å². The summed E-state index contributed by atoms with van der Waals surface area (Å²) >= 11 is 0.